The van der Waals surface area contributed by atoms with Gasteiger partial charge < -0.3 is 15.2 Å². The molecule has 5 heteroatoms. The van der Waals surface area contributed by atoms with Crippen molar-refractivity contribution >= 4 is 11.9 Å². The van der Waals surface area contributed by atoms with Crippen LogP contribution in [0.2, 0.25) is 0 Å². The molecule has 2 rings (SSSR count). The van der Waals surface area contributed by atoms with Crippen LogP contribution < -0.4 is 5.32 Å². The fraction of sp³-hybridized carbons (Fsp3) is 0.500. The molecule has 0 unspecified atom stereocenters. The summed E-state index contributed by atoms with van der Waals surface area (Å²) in [5.74, 6) is -1.38. The van der Waals surface area contributed by atoms with Gasteiger partial charge in [-0.05, 0) is 26.3 Å². The number of nitrogens with one attached hydrogen (secondary N) is 1. The summed E-state index contributed by atoms with van der Waals surface area (Å²) in [5, 5.41) is 12.8. The Bertz CT molecular complexity index is 521. The molecule has 0 radical (unpaired) electrons. The summed E-state index contributed by atoms with van der Waals surface area (Å²) >= 11 is 0. The molecule has 0 aromatic heterocycles. The predicted octanol–water partition coefficient (Wildman–Crippen LogP) is 1.57. The van der Waals surface area contributed by atoms with Crippen molar-refractivity contribution in [2.75, 3.05) is 0 Å². The summed E-state index contributed by atoms with van der Waals surface area (Å²) in [4.78, 5) is 23.7. The quantitative estimate of drug-likeness (QED) is 0.829. The summed E-state index contributed by atoms with van der Waals surface area (Å²) < 4.78 is 5.28. The number of esters is 1. The molecule has 5 nitrogen and oxygen atoms in total. The van der Waals surface area contributed by atoms with Gasteiger partial charge in [0.1, 0.15) is 11.7 Å². The molecule has 114 valence electrons. The molecule has 1 amide bonds. The Balaban J connectivity index is 2.14. The minimum absolute atomic E-state index is 0.00324. The first-order valence-electron chi connectivity index (χ1n) is 7.03. The lowest BCUT2D eigenvalue weighted by Gasteiger charge is -2.24. The van der Waals surface area contributed by atoms with Crippen molar-refractivity contribution in [2.24, 2.45) is 5.92 Å². The number of benzene rings is 1. The molecule has 3 atom stereocenters. The van der Waals surface area contributed by atoms with Gasteiger partial charge in [0.05, 0.1) is 12.5 Å². The highest BCUT2D eigenvalue weighted by molar-refractivity contribution is 5.85. The van der Waals surface area contributed by atoms with Gasteiger partial charge in [-0.1, -0.05) is 30.3 Å². The van der Waals surface area contributed by atoms with E-state index in [1.165, 1.54) is 0 Å². The first kappa shape index (κ1) is 15.5. The summed E-state index contributed by atoms with van der Waals surface area (Å²) in [7, 11) is 0. The van der Waals surface area contributed by atoms with Crippen LogP contribution in [0.25, 0.3) is 0 Å². The number of hydrogen-bond donors (Lipinski definition) is 2. The molecule has 21 heavy (non-hydrogen) atoms. The molecule has 1 saturated heterocycles. The number of aliphatic hydroxyl groups is 1. The van der Waals surface area contributed by atoms with Crippen LogP contribution in [0.5, 0.6) is 0 Å². The van der Waals surface area contributed by atoms with Crippen LogP contribution in [0.1, 0.15) is 38.8 Å². The molecule has 2 N–H and O–H groups in total. The second-order valence-electron chi connectivity index (χ2n) is 6.30. The van der Waals surface area contributed by atoms with Gasteiger partial charge in [0.15, 0.2) is 0 Å². The van der Waals surface area contributed by atoms with E-state index in [9.17, 15) is 14.7 Å². The normalized spacial score (nSPS) is 25.5. The molecular weight excluding hydrogens is 270 g/mol. The number of carbonyl (C=O) groups excluding carboxylic acids is 2. The SMILES string of the molecule is CC(C)(C)OC(=O)C[C@@H]1[C@@H](O)C(=O)N[C@H]1c1ccccc1. The van der Waals surface area contributed by atoms with Crippen molar-refractivity contribution in [2.45, 2.75) is 44.9 Å². The van der Waals surface area contributed by atoms with Gasteiger partial charge >= 0.3 is 5.97 Å². The van der Waals surface area contributed by atoms with E-state index in [0.717, 1.165) is 5.56 Å². The van der Waals surface area contributed by atoms with Crippen molar-refractivity contribution in [1.29, 1.82) is 0 Å². The molecule has 1 heterocycles. The van der Waals surface area contributed by atoms with Gasteiger partial charge in [-0.2, -0.15) is 0 Å². The zero-order valence-corrected chi connectivity index (χ0v) is 12.5. The molecule has 1 fully saturated rings. The molecule has 1 aliphatic rings. The Morgan fingerprint density at radius 3 is 2.48 bits per heavy atom. The molecular formula is C16H21NO4. The Morgan fingerprint density at radius 1 is 1.29 bits per heavy atom. The zero-order chi connectivity index (χ0) is 15.6. The fourth-order valence-electron chi connectivity index (χ4n) is 2.52. The van der Waals surface area contributed by atoms with Crippen LogP contribution in [-0.2, 0) is 14.3 Å². The van der Waals surface area contributed by atoms with Crippen LogP contribution in [0, 0.1) is 5.92 Å². The summed E-state index contributed by atoms with van der Waals surface area (Å²) in [5.41, 5.74) is 0.288. The van der Waals surface area contributed by atoms with Gasteiger partial charge in [0.2, 0.25) is 5.91 Å². The van der Waals surface area contributed by atoms with Crippen molar-refractivity contribution in [3.05, 3.63) is 35.9 Å². The van der Waals surface area contributed by atoms with Gasteiger partial charge in [-0.15, -0.1) is 0 Å². The largest absolute Gasteiger partial charge is 0.460 e. The van der Waals surface area contributed by atoms with E-state index in [-0.39, 0.29) is 12.5 Å². The van der Waals surface area contributed by atoms with Gasteiger partial charge in [-0.25, -0.2) is 0 Å². The van der Waals surface area contributed by atoms with Crippen LogP contribution in [-0.4, -0.2) is 28.7 Å². The first-order valence-corrected chi connectivity index (χ1v) is 7.03. The lowest BCUT2D eigenvalue weighted by molar-refractivity contribution is -0.157. The van der Waals surface area contributed by atoms with E-state index in [1.54, 1.807) is 20.8 Å². The maximum atomic E-state index is 12.0. The van der Waals surface area contributed by atoms with Gasteiger partial charge in [-0.3, -0.25) is 9.59 Å². The van der Waals surface area contributed by atoms with Gasteiger partial charge in [0.25, 0.3) is 0 Å². The number of hydrogen-bond acceptors (Lipinski definition) is 4. The molecule has 1 aromatic carbocycles. The molecule has 0 bridgehead atoms. The van der Waals surface area contributed by atoms with Crippen LogP contribution in [0.4, 0.5) is 0 Å². The van der Waals surface area contributed by atoms with Crippen LogP contribution in [0.15, 0.2) is 30.3 Å². The highest BCUT2D eigenvalue weighted by Gasteiger charge is 2.43. The van der Waals surface area contributed by atoms with Crippen molar-refractivity contribution < 1.29 is 19.4 Å². The highest BCUT2D eigenvalue weighted by atomic mass is 16.6. The first-order chi connectivity index (χ1) is 9.78. The van der Waals surface area contributed by atoms with Gasteiger partial charge in [0, 0.05) is 5.92 Å². The van der Waals surface area contributed by atoms with E-state index < -0.39 is 29.5 Å². The Kier molecular flexibility index (Phi) is 4.32. The summed E-state index contributed by atoms with van der Waals surface area (Å²) in [6.07, 6.45) is -1.20. The zero-order valence-electron chi connectivity index (χ0n) is 12.5. The summed E-state index contributed by atoms with van der Waals surface area (Å²) in [6.45, 7) is 5.36. The van der Waals surface area contributed by atoms with E-state index >= 15 is 0 Å². The minimum atomic E-state index is -1.19. The number of carbonyl (C=O) groups is 2. The predicted molar refractivity (Wildman–Crippen MR) is 77.3 cm³/mol. The average Bonchev–Trinajstić information content (AvgIpc) is 2.66. The number of ether oxygens (including phenoxy) is 1. The monoisotopic (exact) mass is 291 g/mol. The Labute approximate surface area is 124 Å². The standard InChI is InChI=1S/C16H21NO4/c1-16(2,3)21-12(18)9-11-13(17-15(20)14(11)19)10-7-5-4-6-8-10/h4-8,11,13-14,19H,9H2,1-3H3,(H,17,20)/t11-,13-,14+/m0/s1. The van der Waals surface area contributed by atoms with Crippen molar-refractivity contribution in [1.82, 2.24) is 5.32 Å². The molecule has 0 aliphatic carbocycles. The third kappa shape index (κ3) is 3.82. The number of amides is 1. The average molecular weight is 291 g/mol. The second kappa shape index (κ2) is 5.85. The van der Waals surface area contributed by atoms with E-state index in [4.69, 9.17) is 4.74 Å². The minimum Gasteiger partial charge on any atom is -0.460 e. The van der Waals surface area contributed by atoms with E-state index in [1.807, 2.05) is 30.3 Å². The van der Waals surface area contributed by atoms with Crippen molar-refractivity contribution in [3.8, 4) is 0 Å². The number of aliphatic hydroxyl groups excluding tert-OH is 1. The summed E-state index contributed by atoms with van der Waals surface area (Å²) in [6, 6.07) is 8.95. The second-order valence-corrected chi connectivity index (χ2v) is 6.30. The Hall–Kier alpha value is -1.88. The van der Waals surface area contributed by atoms with Crippen LogP contribution >= 0.6 is 0 Å². The topological polar surface area (TPSA) is 75.6 Å². The fourth-order valence-corrected chi connectivity index (χ4v) is 2.52. The number of rotatable bonds is 3. The Morgan fingerprint density at radius 2 is 1.90 bits per heavy atom. The third-order valence-corrected chi connectivity index (χ3v) is 3.38. The molecule has 0 saturated carbocycles. The molecule has 1 aliphatic heterocycles. The van der Waals surface area contributed by atoms with E-state index in [0.29, 0.717) is 0 Å². The van der Waals surface area contributed by atoms with E-state index in [2.05, 4.69) is 5.32 Å². The molecule has 0 spiro atoms. The smallest absolute Gasteiger partial charge is 0.306 e. The highest BCUT2D eigenvalue weighted by Crippen LogP contribution is 2.33. The maximum Gasteiger partial charge on any atom is 0.306 e. The third-order valence-electron chi connectivity index (χ3n) is 3.38. The van der Waals surface area contributed by atoms with Crippen molar-refractivity contribution in [3.63, 3.8) is 0 Å². The lowest BCUT2D eigenvalue weighted by Crippen LogP contribution is -2.30. The maximum absolute atomic E-state index is 12.0. The molecule has 1 aromatic rings. The lowest BCUT2D eigenvalue weighted by atomic mass is 9.90. The van der Waals surface area contributed by atoms with Crippen LogP contribution in [0.3, 0.4) is 0 Å².